The second-order valence-corrected chi connectivity index (χ2v) is 4.18. The molecule has 0 saturated heterocycles. The summed E-state index contributed by atoms with van der Waals surface area (Å²) in [6, 6.07) is 3.02. The molecule has 1 aromatic carbocycles. The van der Waals surface area contributed by atoms with Gasteiger partial charge in [0.25, 0.3) is 0 Å². The highest BCUT2D eigenvalue weighted by atomic mass is 79.9. The molecule has 1 atom stereocenters. The van der Waals surface area contributed by atoms with E-state index in [0.717, 1.165) is 0 Å². The summed E-state index contributed by atoms with van der Waals surface area (Å²) in [6.07, 6.45) is -0.675. The predicted molar refractivity (Wildman–Crippen MR) is 52.4 cm³/mol. The fraction of sp³-hybridized carbons (Fsp3) is 0.250. The van der Waals surface area contributed by atoms with Gasteiger partial charge in [0.15, 0.2) is 0 Å². The number of halogens is 3. The van der Waals surface area contributed by atoms with E-state index in [1.165, 1.54) is 6.07 Å². The van der Waals surface area contributed by atoms with Gasteiger partial charge in [-0.15, -0.1) is 0 Å². The van der Waals surface area contributed by atoms with Crippen molar-refractivity contribution in [2.24, 2.45) is 0 Å². The Balaban J connectivity index is 3.28. The minimum absolute atomic E-state index is 0.320. The summed E-state index contributed by atoms with van der Waals surface area (Å²) < 4.78 is 14.0. The molecule has 66 valence electrons. The van der Waals surface area contributed by atoms with E-state index >= 15 is 0 Å². The van der Waals surface area contributed by atoms with Crippen molar-refractivity contribution in [1.82, 2.24) is 0 Å². The lowest BCUT2D eigenvalue weighted by molar-refractivity contribution is 0.198. The first kappa shape index (κ1) is 10.2. The van der Waals surface area contributed by atoms with Crippen LogP contribution in [-0.4, -0.2) is 5.11 Å². The third-order valence-electron chi connectivity index (χ3n) is 1.47. The van der Waals surface area contributed by atoms with E-state index < -0.39 is 6.10 Å². The largest absolute Gasteiger partial charge is 0.389 e. The molecule has 0 saturated carbocycles. The maximum atomic E-state index is 13.0. The number of rotatable bonds is 1. The third-order valence-corrected chi connectivity index (χ3v) is 2.77. The lowest BCUT2D eigenvalue weighted by atomic mass is 10.1. The standard InChI is InChI=1S/C8H7Br2FO/c1-4(12)6-2-5(9)3-7(11)8(6)10/h2-4,12H,1H3. The van der Waals surface area contributed by atoms with Gasteiger partial charge < -0.3 is 5.11 Å². The molecule has 0 amide bonds. The molecule has 0 aromatic heterocycles. The van der Waals surface area contributed by atoms with E-state index in [4.69, 9.17) is 0 Å². The Labute approximate surface area is 86.9 Å². The lowest BCUT2D eigenvalue weighted by Crippen LogP contribution is -1.94. The lowest BCUT2D eigenvalue weighted by Gasteiger charge is -2.08. The normalized spacial score (nSPS) is 13.1. The van der Waals surface area contributed by atoms with Crippen molar-refractivity contribution in [3.8, 4) is 0 Å². The van der Waals surface area contributed by atoms with Gasteiger partial charge in [-0.1, -0.05) is 15.9 Å². The highest BCUT2D eigenvalue weighted by Crippen LogP contribution is 2.29. The smallest absolute Gasteiger partial charge is 0.138 e. The van der Waals surface area contributed by atoms with Crippen molar-refractivity contribution in [1.29, 1.82) is 0 Å². The number of hydrogen-bond donors (Lipinski definition) is 1. The Morgan fingerprint density at radius 1 is 1.42 bits per heavy atom. The number of benzene rings is 1. The fourth-order valence-corrected chi connectivity index (χ4v) is 1.89. The topological polar surface area (TPSA) is 20.2 Å². The van der Waals surface area contributed by atoms with Crippen molar-refractivity contribution >= 4 is 31.9 Å². The van der Waals surface area contributed by atoms with Gasteiger partial charge in [0.05, 0.1) is 10.6 Å². The Morgan fingerprint density at radius 3 is 2.50 bits per heavy atom. The number of aliphatic hydroxyl groups excluding tert-OH is 1. The molecular formula is C8H7Br2FO. The maximum absolute atomic E-state index is 13.0. The van der Waals surface area contributed by atoms with Crippen LogP contribution in [0.25, 0.3) is 0 Å². The Bertz CT molecular complexity index is 299. The van der Waals surface area contributed by atoms with E-state index in [2.05, 4.69) is 31.9 Å². The van der Waals surface area contributed by atoms with Crippen LogP contribution in [0.15, 0.2) is 21.1 Å². The third kappa shape index (κ3) is 2.06. The summed E-state index contributed by atoms with van der Waals surface area (Å²) in [5, 5.41) is 9.24. The van der Waals surface area contributed by atoms with Crippen LogP contribution in [0.5, 0.6) is 0 Å². The zero-order valence-electron chi connectivity index (χ0n) is 6.31. The average Bonchev–Trinajstić information content (AvgIpc) is 1.96. The highest BCUT2D eigenvalue weighted by Gasteiger charge is 2.11. The summed E-state index contributed by atoms with van der Waals surface area (Å²) in [5.41, 5.74) is 0.543. The van der Waals surface area contributed by atoms with Crippen LogP contribution in [0, 0.1) is 5.82 Å². The summed E-state index contributed by atoms with van der Waals surface area (Å²) >= 11 is 6.20. The Morgan fingerprint density at radius 2 is 2.00 bits per heavy atom. The van der Waals surface area contributed by atoms with E-state index in [-0.39, 0.29) is 5.82 Å². The van der Waals surface area contributed by atoms with Crippen LogP contribution in [0.4, 0.5) is 4.39 Å². The molecule has 1 nitrogen and oxygen atoms in total. The van der Waals surface area contributed by atoms with Gasteiger partial charge in [-0.25, -0.2) is 4.39 Å². The molecule has 4 heteroatoms. The van der Waals surface area contributed by atoms with Gasteiger partial charge in [-0.2, -0.15) is 0 Å². The fourth-order valence-electron chi connectivity index (χ4n) is 0.880. The van der Waals surface area contributed by atoms with Crippen molar-refractivity contribution < 1.29 is 9.50 Å². The highest BCUT2D eigenvalue weighted by molar-refractivity contribution is 9.11. The van der Waals surface area contributed by atoms with Crippen LogP contribution in [0.1, 0.15) is 18.6 Å². The van der Waals surface area contributed by atoms with Crippen molar-refractivity contribution in [3.63, 3.8) is 0 Å². The first-order valence-corrected chi connectivity index (χ1v) is 4.93. The Kier molecular flexibility index (Phi) is 3.26. The number of aliphatic hydroxyl groups is 1. The summed E-state index contributed by atoms with van der Waals surface area (Å²) in [5.74, 6) is -0.375. The summed E-state index contributed by atoms with van der Waals surface area (Å²) in [7, 11) is 0. The summed E-state index contributed by atoms with van der Waals surface area (Å²) in [6.45, 7) is 1.59. The molecule has 0 aliphatic rings. The molecule has 0 aliphatic carbocycles. The zero-order chi connectivity index (χ0) is 9.30. The van der Waals surface area contributed by atoms with Crippen LogP contribution in [0.3, 0.4) is 0 Å². The first-order chi connectivity index (χ1) is 5.52. The van der Waals surface area contributed by atoms with Crippen molar-refractivity contribution in [2.45, 2.75) is 13.0 Å². The molecule has 1 rings (SSSR count). The van der Waals surface area contributed by atoms with Crippen molar-refractivity contribution in [2.75, 3.05) is 0 Å². The predicted octanol–water partition coefficient (Wildman–Crippen LogP) is 3.40. The molecule has 0 bridgehead atoms. The van der Waals surface area contributed by atoms with Gasteiger partial charge in [-0.3, -0.25) is 0 Å². The van der Waals surface area contributed by atoms with E-state index in [9.17, 15) is 9.50 Å². The Hall–Kier alpha value is 0.0700. The first-order valence-electron chi connectivity index (χ1n) is 3.35. The molecule has 0 spiro atoms. The molecule has 0 heterocycles. The molecule has 1 N–H and O–H groups in total. The SMILES string of the molecule is CC(O)c1cc(Br)cc(F)c1Br. The average molecular weight is 298 g/mol. The zero-order valence-corrected chi connectivity index (χ0v) is 9.49. The quantitative estimate of drug-likeness (QED) is 0.788. The molecular weight excluding hydrogens is 291 g/mol. The molecule has 1 aromatic rings. The summed E-state index contributed by atoms with van der Waals surface area (Å²) in [4.78, 5) is 0. The van der Waals surface area contributed by atoms with Gasteiger partial charge in [-0.05, 0) is 40.5 Å². The molecule has 0 radical (unpaired) electrons. The minimum Gasteiger partial charge on any atom is -0.389 e. The molecule has 0 fully saturated rings. The van der Waals surface area contributed by atoms with Gasteiger partial charge in [0.2, 0.25) is 0 Å². The van der Waals surface area contributed by atoms with E-state index in [1.54, 1.807) is 13.0 Å². The van der Waals surface area contributed by atoms with E-state index in [1.807, 2.05) is 0 Å². The van der Waals surface area contributed by atoms with Crippen LogP contribution in [-0.2, 0) is 0 Å². The maximum Gasteiger partial charge on any atom is 0.138 e. The second kappa shape index (κ2) is 3.85. The van der Waals surface area contributed by atoms with Crippen molar-refractivity contribution in [3.05, 3.63) is 32.5 Å². The molecule has 1 unspecified atom stereocenters. The van der Waals surface area contributed by atoms with Crippen LogP contribution in [0.2, 0.25) is 0 Å². The monoisotopic (exact) mass is 296 g/mol. The minimum atomic E-state index is -0.675. The second-order valence-electron chi connectivity index (χ2n) is 2.47. The van der Waals surface area contributed by atoms with Gasteiger partial charge in [0, 0.05) is 4.47 Å². The number of hydrogen-bond acceptors (Lipinski definition) is 1. The molecule has 12 heavy (non-hydrogen) atoms. The van der Waals surface area contributed by atoms with Gasteiger partial charge >= 0.3 is 0 Å². The van der Waals surface area contributed by atoms with E-state index in [0.29, 0.717) is 14.5 Å². The molecule has 0 aliphatic heterocycles. The van der Waals surface area contributed by atoms with Gasteiger partial charge in [0.1, 0.15) is 5.82 Å². The van der Waals surface area contributed by atoms with Crippen LogP contribution < -0.4 is 0 Å². The van der Waals surface area contributed by atoms with Crippen LogP contribution >= 0.6 is 31.9 Å².